The van der Waals surface area contributed by atoms with Gasteiger partial charge in [-0.3, -0.25) is 4.79 Å². The molecule has 1 N–H and O–H groups in total. The Kier molecular flexibility index (Phi) is 3.29. The van der Waals surface area contributed by atoms with Gasteiger partial charge in [-0.1, -0.05) is 0 Å². The summed E-state index contributed by atoms with van der Waals surface area (Å²) in [6, 6.07) is 0. The number of aliphatic hydroxyl groups is 1. The number of carbonyl (C=O) groups excluding carboxylic acids is 1. The monoisotopic (exact) mass is 211 g/mol. The lowest BCUT2D eigenvalue weighted by Crippen LogP contribution is -2.39. The molecular formula is C12H21NO2. The van der Waals surface area contributed by atoms with Crippen LogP contribution < -0.4 is 0 Å². The molecule has 0 aromatic carbocycles. The van der Waals surface area contributed by atoms with Crippen LogP contribution in [0.5, 0.6) is 0 Å². The molecular weight excluding hydrogens is 190 g/mol. The second-order valence-corrected chi connectivity index (χ2v) is 5.03. The van der Waals surface area contributed by atoms with Crippen LogP contribution in [0, 0.1) is 17.8 Å². The zero-order valence-corrected chi connectivity index (χ0v) is 9.48. The van der Waals surface area contributed by atoms with Crippen LogP contribution in [0.2, 0.25) is 0 Å². The first-order valence-electron chi connectivity index (χ1n) is 6.08. The molecule has 1 amide bonds. The van der Waals surface area contributed by atoms with E-state index in [-0.39, 0.29) is 5.91 Å². The van der Waals surface area contributed by atoms with E-state index in [1.807, 2.05) is 4.90 Å². The van der Waals surface area contributed by atoms with Gasteiger partial charge in [0.05, 0.1) is 0 Å². The van der Waals surface area contributed by atoms with Crippen LogP contribution in [-0.4, -0.2) is 35.6 Å². The molecule has 0 radical (unpaired) electrons. The average Bonchev–Trinajstić information content (AvgIpc) is 3.04. The molecule has 1 unspecified atom stereocenters. The first kappa shape index (κ1) is 10.9. The number of nitrogens with zero attached hydrogens (tertiary/aromatic N) is 1. The summed E-state index contributed by atoms with van der Waals surface area (Å²) < 4.78 is 0. The summed E-state index contributed by atoms with van der Waals surface area (Å²) in [7, 11) is 0. The summed E-state index contributed by atoms with van der Waals surface area (Å²) in [5.41, 5.74) is 0. The molecule has 0 bridgehead atoms. The molecule has 1 saturated heterocycles. The number of amides is 1. The van der Waals surface area contributed by atoms with Gasteiger partial charge in [-0.2, -0.15) is 0 Å². The van der Waals surface area contributed by atoms with E-state index < -0.39 is 0 Å². The number of piperidine rings is 1. The van der Waals surface area contributed by atoms with Crippen molar-refractivity contribution in [1.29, 1.82) is 0 Å². The summed E-state index contributed by atoms with van der Waals surface area (Å²) in [6.45, 7) is 3.77. The van der Waals surface area contributed by atoms with E-state index in [0.29, 0.717) is 18.4 Å². The minimum atomic E-state index is 0.195. The molecule has 1 saturated carbocycles. The Morgan fingerprint density at radius 1 is 1.27 bits per heavy atom. The predicted octanol–water partition coefficient (Wildman–Crippen LogP) is 1.26. The number of hydrogen-bond donors (Lipinski definition) is 1. The molecule has 86 valence electrons. The van der Waals surface area contributed by atoms with E-state index in [2.05, 4.69) is 0 Å². The van der Waals surface area contributed by atoms with Crippen molar-refractivity contribution < 1.29 is 9.90 Å². The van der Waals surface area contributed by atoms with Crippen LogP contribution in [0.3, 0.4) is 0 Å². The molecule has 1 heterocycles. The first-order chi connectivity index (χ1) is 7.22. The lowest BCUT2D eigenvalue weighted by atomic mass is 9.82. The summed E-state index contributed by atoms with van der Waals surface area (Å²) in [6.07, 6.45) is 4.78. The quantitative estimate of drug-likeness (QED) is 0.763. The fourth-order valence-electron chi connectivity index (χ4n) is 2.85. The van der Waals surface area contributed by atoms with E-state index >= 15 is 0 Å². The van der Waals surface area contributed by atoms with Gasteiger partial charge in [0.2, 0.25) is 5.91 Å². The van der Waals surface area contributed by atoms with Gasteiger partial charge in [-0.05, 0) is 43.4 Å². The maximum atomic E-state index is 11.2. The number of aliphatic hydroxyl groups excluding tert-OH is 1. The zero-order valence-electron chi connectivity index (χ0n) is 9.48. The fraction of sp³-hybridized carbons (Fsp3) is 0.917. The van der Waals surface area contributed by atoms with Gasteiger partial charge in [0.25, 0.3) is 0 Å². The Morgan fingerprint density at radius 2 is 1.80 bits per heavy atom. The Labute approximate surface area is 91.5 Å². The van der Waals surface area contributed by atoms with Crippen molar-refractivity contribution >= 4 is 5.91 Å². The normalized spacial score (nSPS) is 25.3. The fourth-order valence-corrected chi connectivity index (χ4v) is 2.85. The average molecular weight is 211 g/mol. The molecule has 0 aromatic rings. The third kappa shape index (κ3) is 2.51. The third-order valence-electron chi connectivity index (χ3n) is 4.03. The van der Waals surface area contributed by atoms with Crippen LogP contribution in [0.15, 0.2) is 0 Å². The van der Waals surface area contributed by atoms with Crippen LogP contribution in [0.4, 0.5) is 0 Å². The zero-order chi connectivity index (χ0) is 10.8. The summed E-state index contributed by atoms with van der Waals surface area (Å²) in [4.78, 5) is 13.1. The second kappa shape index (κ2) is 4.52. The van der Waals surface area contributed by atoms with E-state index in [4.69, 9.17) is 0 Å². The Balaban J connectivity index is 1.83. The Bertz CT molecular complexity index is 230. The molecule has 2 rings (SSSR count). The van der Waals surface area contributed by atoms with Gasteiger partial charge in [0.1, 0.15) is 0 Å². The highest BCUT2D eigenvalue weighted by Crippen LogP contribution is 2.43. The highest BCUT2D eigenvalue weighted by molar-refractivity contribution is 5.73. The Morgan fingerprint density at radius 3 is 2.20 bits per heavy atom. The smallest absolute Gasteiger partial charge is 0.219 e. The van der Waals surface area contributed by atoms with Crippen molar-refractivity contribution in [2.24, 2.45) is 17.8 Å². The van der Waals surface area contributed by atoms with Crippen LogP contribution in [0.25, 0.3) is 0 Å². The van der Waals surface area contributed by atoms with E-state index in [1.165, 1.54) is 12.8 Å². The third-order valence-corrected chi connectivity index (χ3v) is 4.03. The SMILES string of the molecule is CC(=O)N1CCC(C(CO)C2CC2)CC1. The molecule has 3 nitrogen and oxygen atoms in total. The molecule has 1 aliphatic heterocycles. The van der Waals surface area contributed by atoms with Crippen molar-refractivity contribution in [2.75, 3.05) is 19.7 Å². The lowest BCUT2D eigenvalue weighted by Gasteiger charge is -2.35. The van der Waals surface area contributed by atoms with Crippen molar-refractivity contribution in [2.45, 2.75) is 32.6 Å². The standard InChI is InChI=1S/C12H21NO2/c1-9(15)13-6-4-11(5-7-13)12(8-14)10-2-3-10/h10-12,14H,2-8H2,1H3. The number of carbonyl (C=O) groups is 1. The molecule has 0 aromatic heterocycles. The number of likely N-dealkylation sites (tertiary alicyclic amines) is 1. The first-order valence-corrected chi connectivity index (χ1v) is 6.08. The van der Waals surface area contributed by atoms with Crippen molar-refractivity contribution in [3.8, 4) is 0 Å². The van der Waals surface area contributed by atoms with E-state index in [9.17, 15) is 9.90 Å². The van der Waals surface area contributed by atoms with Crippen molar-refractivity contribution in [1.82, 2.24) is 4.90 Å². The molecule has 2 fully saturated rings. The molecule has 0 spiro atoms. The highest BCUT2D eigenvalue weighted by atomic mass is 16.3. The highest BCUT2D eigenvalue weighted by Gasteiger charge is 2.37. The summed E-state index contributed by atoms with van der Waals surface area (Å²) in [5, 5.41) is 9.38. The van der Waals surface area contributed by atoms with Gasteiger partial charge >= 0.3 is 0 Å². The van der Waals surface area contributed by atoms with E-state index in [0.717, 1.165) is 31.8 Å². The topological polar surface area (TPSA) is 40.5 Å². The van der Waals surface area contributed by atoms with Crippen molar-refractivity contribution in [3.63, 3.8) is 0 Å². The largest absolute Gasteiger partial charge is 0.396 e. The predicted molar refractivity (Wildman–Crippen MR) is 58.3 cm³/mol. The summed E-state index contributed by atoms with van der Waals surface area (Å²) in [5.74, 6) is 2.14. The van der Waals surface area contributed by atoms with Crippen LogP contribution in [-0.2, 0) is 4.79 Å². The molecule has 2 aliphatic rings. The summed E-state index contributed by atoms with van der Waals surface area (Å²) >= 11 is 0. The van der Waals surface area contributed by atoms with Gasteiger partial charge in [-0.15, -0.1) is 0 Å². The van der Waals surface area contributed by atoms with Gasteiger partial charge in [0, 0.05) is 26.6 Å². The Hall–Kier alpha value is -0.570. The molecule has 1 aliphatic carbocycles. The minimum Gasteiger partial charge on any atom is -0.396 e. The maximum Gasteiger partial charge on any atom is 0.219 e. The molecule has 15 heavy (non-hydrogen) atoms. The van der Waals surface area contributed by atoms with Crippen LogP contribution >= 0.6 is 0 Å². The van der Waals surface area contributed by atoms with E-state index in [1.54, 1.807) is 6.92 Å². The maximum absolute atomic E-state index is 11.2. The minimum absolute atomic E-state index is 0.195. The second-order valence-electron chi connectivity index (χ2n) is 5.03. The van der Waals surface area contributed by atoms with Gasteiger partial charge in [-0.25, -0.2) is 0 Å². The lowest BCUT2D eigenvalue weighted by molar-refractivity contribution is -0.130. The van der Waals surface area contributed by atoms with Gasteiger partial charge in [0.15, 0.2) is 0 Å². The molecule has 1 atom stereocenters. The number of hydrogen-bond acceptors (Lipinski definition) is 2. The van der Waals surface area contributed by atoms with Gasteiger partial charge < -0.3 is 10.0 Å². The van der Waals surface area contributed by atoms with Crippen molar-refractivity contribution in [3.05, 3.63) is 0 Å². The van der Waals surface area contributed by atoms with Crippen LogP contribution in [0.1, 0.15) is 32.6 Å². The number of rotatable bonds is 3. The molecule has 3 heteroatoms.